The second kappa shape index (κ2) is 9.17. The van der Waals surface area contributed by atoms with Gasteiger partial charge in [-0.25, -0.2) is 0 Å². The molecule has 1 rings (SSSR count). The third-order valence-electron chi connectivity index (χ3n) is 2.85. The summed E-state index contributed by atoms with van der Waals surface area (Å²) >= 11 is 5.33. The van der Waals surface area contributed by atoms with Gasteiger partial charge in [0.25, 0.3) is 0 Å². The molecule has 0 saturated carbocycles. The van der Waals surface area contributed by atoms with E-state index in [1.54, 1.807) is 0 Å². The Kier molecular flexibility index (Phi) is 7.65. The highest BCUT2D eigenvalue weighted by atomic mass is 32.1. The largest absolute Gasteiger partial charge is 0.376 e. The van der Waals surface area contributed by atoms with Crippen LogP contribution in [-0.4, -0.2) is 11.5 Å². The first kappa shape index (κ1) is 14.2. The van der Waals surface area contributed by atoms with E-state index in [2.05, 4.69) is 24.4 Å². The van der Waals surface area contributed by atoms with Crippen LogP contribution in [0.1, 0.15) is 51.0 Å². The molecule has 0 aliphatic rings. The number of hydrogen-bond donors (Lipinski definition) is 1. The van der Waals surface area contributed by atoms with E-state index in [1.807, 2.05) is 18.2 Å². The lowest BCUT2D eigenvalue weighted by Gasteiger charge is -2.07. The van der Waals surface area contributed by atoms with Crippen molar-refractivity contribution in [2.24, 2.45) is 0 Å². The molecule has 0 radical (unpaired) electrons. The van der Waals surface area contributed by atoms with Crippen molar-refractivity contribution >= 4 is 17.2 Å². The molecule has 0 saturated heterocycles. The van der Waals surface area contributed by atoms with Gasteiger partial charge < -0.3 is 5.32 Å². The van der Waals surface area contributed by atoms with Gasteiger partial charge in [0.2, 0.25) is 0 Å². The smallest absolute Gasteiger partial charge is 0.106 e. The Morgan fingerprint density at radius 1 is 1.00 bits per heavy atom. The summed E-state index contributed by atoms with van der Waals surface area (Å²) in [6.45, 7) is 3.25. The zero-order valence-electron chi connectivity index (χ0n) is 10.7. The molecule has 17 heavy (non-hydrogen) atoms. The fraction of sp³-hybridized carbons (Fsp3) is 0.533. The molecule has 1 nitrogen and oxygen atoms in total. The molecule has 0 heterocycles. The van der Waals surface area contributed by atoms with Gasteiger partial charge in [0, 0.05) is 12.1 Å². The molecular formula is C15H23NS. The molecule has 1 N–H and O–H groups in total. The number of benzene rings is 1. The predicted molar refractivity (Wildman–Crippen MR) is 79.5 cm³/mol. The van der Waals surface area contributed by atoms with E-state index in [9.17, 15) is 0 Å². The van der Waals surface area contributed by atoms with Gasteiger partial charge >= 0.3 is 0 Å². The molecule has 0 aliphatic heterocycles. The second-order valence-corrected chi connectivity index (χ2v) is 4.80. The highest BCUT2D eigenvalue weighted by Gasteiger charge is 1.98. The summed E-state index contributed by atoms with van der Waals surface area (Å²) in [6.07, 6.45) is 7.94. The summed E-state index contributed by atoms with van der Waals surface area (Å²) in [7, 11) is 0. The van der Waals surface area contributed by atoms with Gasteiger partial charge in [0.05, 0.1) is 0 Å². The quantitative estimate of drug-likeness (QED) is 0.544. The average molecular weight is 249 g/mol. The molecule has 0 bridgehead atoms. The lowest BCUT2D eigenvalue weighted by molar-refractivity contribution is 0.603. The van der Waals surface area contributed by atoms with Crippen LogP contribution in [-0.2, 0) is 0 Å². The van der Waals surface area contributed by atoms with E-state index < -0.39 is 0 Å². The fourth-order valence-electron chi connectivity index (χ4n) is 1.80. The van der Waals surface area contributed by atoms with Crippen LogP contribution in [0.4, 0.5) is 0 Å². The van der Waals surface area contributed by atoms with Crippen molar-refractivity contribution in [1.29, 1.82) is 0 Å². The first-order valence-corrected chi connectivity index (χ1v) is 7.08. The zero-order chi connectivity index (χ0) is 12.3. The molecule has 0 spiro atoms. The van der Waals surface area contributed by atoms with Gasteiger partial charge in [0.1, 0.15) is 4.99 Å². The summed E-state index contributed by atoms with van der Waals surface area (Å²) < 4.78 is 0. The SMILES string of the molecule is CCCCCCCCNC(=S)c1ccccc1. The van der Waals surface area contributed by atoms with Crippen LogP contribution in [0.3, 0.4) is 0 Å². The molecule has 0 unspecified atom stereocenters. The summed E-state index contributed by atoms with van der Waals surface area (Å²) in [6, 6.07) is 10.2. The van der Waals surface area contributed by atoms with Crippen LogP contribution in [0.2, 0.25) is 0 Å². The van der Waals surface area contributed by atoms with E-state index in [-0.39, 0.29) is 0 Å². The third-order valence-corrected chi connectivity index (χ3v) is 3.23. The lowest BCUT2D eigenvalue weighted by atomic mass is 10.1. The van der Waals surface area contributed by atoms with E-state index in [0.29, 0.717) is 0 Å². The predicted octanol–water partition coefficient (Wildman–Crippen LogP) is 4.31. The molecule has 0 aliphatic carbocycles. The van der Waals surface area contributed by atoms with E-state index in [4.69, 9.17) is 12.2 Å². The molecule has 0 fully saturated rings. The van der Waals surface area contributed by atoms with Crippen LogP contribution in [0.5, 0.6) is 0 Å². The topological polar surface area (TPSA) is 12.0 Å². The van der Waals surface area contributed by atoms with E-state index in [0.717, 1.165) is 17.1 Å². The van der Waals surface area contributed by atoms with Crippen molar-refractivity contribution in [1.82, 2.24) is 5.32 Å². The van der Waals surface area contributed by atoms with Gasteiger partial charge in [-0.3, -0.25) is 0 Å². The van der Waals surface area contributed by atoms with Crippen molar-refractivity contribution in [3.63, 3.8) is 0 Å². The van der Waals surface area contributed by atoms with Crippen molar-refractivity contribution in [2.75, 3.05) is 6.54 Å². The molecular weight excluding hydrogens is 226 g/mol. The molecule has 94 valence electrons. The Bertz CT molecular complexity index is 308. The van der Waals surface area contributed by atoms with Gasteiger partial charge in [-0.15, -0.1) is 0 Å². The van der Waals surface area contributed by atoms with Gasteiger partial charge in [-0.2, -0.15) is 0 Å². The summed E-state index contributed by atoms with van der Waals surface area (Å²) in [5.74, 6) is 0. The van der Waals surface area contributed by atoms with E-state index >= 15 is 0 Å². The summed E-state index contributed by atoms with van der Waals surface area (Å²) in [5.41, 5.74) is 1.12. The number of thiocarbonyl (C=S) groups is 1. The van der Waals surface area contributed by atoms with Crippen LogP contribution in [0.15, 0.2) is 30.3 Å². The number of rotatable bonds is 8. The normalized spacial score (nSPS) is 10.2. The van der Waals surface area contributed by atoms with Gasteiger partial charge in [0.15, 0.2) is 0 Å². The molecule has 2 heteroatoms. The number of unbranched alkanes of at least 4 members (excludes halogenated alkanes) is 5. The molecule has 0 aromatic heterocycles. The monoisotopic (exact) mass is 249 g/mol. The maximum absolute atomic E-state index is 5.33. The Hall–Kier alpha value is -0.890. The highest BCUT2D eigenvalue weighted by Crippen LogP contribution is 2.04. The fourth-order valence-corrected chi connectivity index (χ4v) is 2.04. The van der Waals surface area contributed by atoms with Crippen LogP contribution >= 0.6 is 12.2 Å². The third kappa shape index (κ3) is 6.42. The molecule has 1 aromatic carbocycles. The number of hydrogen-bond acceptors (Lipinski definition) is 1. The second-order valence-electron chi connectivity index (χ2n) is 4.39. The maximum Gasteiger partial charge on any atom is 0.106 e. The zero-order valence-corrected chi connectivity index (χ0v) is 11.6. The standard InChI is InChI=1S/C15H23NS/c1-2-3-4-5-6-10-13-16-15(17)14-11-8-7-9-12-14/h7-9,11-12H,2-6,10,13H2,1H3,(H,16,17). The Labute approximate surface area is 111 Å². The van der Waals surface area contributed by atoms with Gasteiger partial charge in [-0.05, 0) is 6.42 Å². The minimum absolute atomic E-state index is 0.874. The van der Waals surface area contributed by atoms with E-state index in [1.165, 1.54) is 38.5 Å². The van der Waals surface area contributed by atoms with Gasteiger partial charge in [-0.1, -0.05) is 81.6 Å². The van der Waals surface area contributed by atoms with Crippen molar-refractivity contribution < 1.29 is 0 Å². The molecule has 1 aromatic rings. The Balaban J connectivity index is 2.05. The minimum Gasteiger partial charge on any atom is -0.376 e. The Morgan fingerprint density at radius 2 is 1.65 bits per heavy atom. The number of nitrogens with one attached hydrogen (secondary N) is 1. The average Bonchev–Trinajstić information content (AvgIpc) is 2.38. The highest BCUT2D eigenvalue weighted by molar-refractivity contribution is 7.80. The van der Waals surface area contributed by atoms with Crippen molar-refractivity contribution in [3.8, 4) is 0 Å². The first-order chi connectivity index (χ1) is 8.34. The first-order valence-electron chi connectivity index (χ1n) is 6.68. The Morgan fingerprint density at radius 3 is 2.35 bits per heavy atom. The molecule has 0 atom stereocenters. The lowest BCUT2D eigenvalue weighted by Crippen LogP contribution is -2.23. The summed E-state index contributed by atoms with van der Waals surface area (Å²) in [5, 5.41) is 3.32. The van der Waals surface area contributed by atoms with Crippen LogP contribution < -0.4 is 5.32 Å². The van der Waals surface area contributed by atoms with Crippen molar-refractivity contribution in [3.05, 3.63) is 35.9 Å². The molecule has 0 amide bonds. The van der Waals surface area contributed by atoms with Crippen LogP contribution in [0.25, 0.3) is 0 Å². The van der Waals surface area contributed by atoms with Crippen LogP contribution in [0, 0.1) is 0 Å². The van der Waals surface area contributed by atoms with Crippen molar-refractivity contribution in [2.45, 2.75) is 45.4 Å². The maximum atomic E-state index is 5.33. The minimum atomic E-state index is 0.874. The summed E-state index contributed by atoms with van der Waals surface area (Å²) in [4.78, 5) is 0.874.